The zero-order valence-electron chi connectivity index (χ0n) is 12.2. The predicted octanol–water partition coefficient (Wildman–Crippen LogP) is 0.805. The Labute approximate surface area is 111 Å². The van der Waals surface area contributed by atoms with Crippen LogP contribution in [0, 0.1) is 0 Å². The van der Waals surface area contributed by atoms with E-state index in [-0.39, 0.29) is 18.2 Å². The SMILES string of the molecule is CNC(C)(CO)CC(C)OCCOCCCOC. The topological polar surface area (TPSA) is 60.0 Å². The van der Waals surface area contributed by atoms with E-state index in [1.807, 2.05) is 20.9 Å². The van der Waals surface area contributed by atoms with E-state index < -0.39 is 0 Å². The Morgan fingerprint density at radius 2 is 1.94 bits per heavy atom. The molecule has 0 aromatic carbocycles. The van der Waals surface area contributed by atoms with Gasteiger partial charge in [-0.1, -0.05) is 0 Å². The van der Waals surface area contributed by atoms with Crippen LogP contribution in [0.4, 0.5) is 0 Å². The summed E-state index contributed by atoms with van der Waals surface area (Å²) >= 11 is 0. The van der Waals surface area contributed by atoms with Crippen LogP contribution < -0.4 is 5.32 Å². The summed E-state index contributed by atoms with van der Waals surface area (Å²) in [5.74, 6) is 0. The fourth-order valence-electron chi connectivity index (χ4n) is 1.65. The van der Waals surface area contributed by atoms with Gasteiger partial charge in [-0.2, -0.15) is 0 Å². The molecule has 5 nitrogen and oxygen atoms in total. The molecule has 2 unspecified atom stereocenters. The first-order valence-electron chi connectivity index (χ1n) is 6.56. The van der Waals surface area contributed by atoms with Crippen molar-refractivity contribution < 1.29 is 19.3 Å². The van der Waals surface area contributed by atoms with Gasteiger partial charge in [-0.05, 0) is 33.7 Å². The van der Waals surface area contributed by atoms with Crippen LogP contribution >= 0.6 is 0 Å². The minimum atomic E-state index is -0.279. The third kappa shape index (κ3) is 8.83. The van der Waals surface area contributed by atoms with Gasteiger partial charge in [0.1, 0.15) is 0 Å². The Kier molecular flexibility index (Phi) is 10.6. The highest BCUT2D eigenvalue weighted by molar-refractivity contribution is 4.82. The van der Waals surface area contributed by atoms with E-state index >= 15 is 0 Å². The van der Waals surface area contributed by atoms with Gasteiger partial charge in [0.25, 0.3) is 0 Å². The van der Waals surface area contributed by atoms with E-state index in [0.29, 0.717) is 19.8 Å². The van der Waals surface area contributed by atoms with Crippen molar-refractivity contribution in [3.63, 3.8) is 0 Å². The van der Waals surface area contributed by atoms with Crippen molar-refractivity contribution in [1.29, 1.82) is 0 Å². The smallest absolute Gasteiger partial charge is 0.0704 e. The average Bonchev–Trinajstić information content (AvgIpc) is 2.37. The summed E-state index contributed by atoms with van der Waals surface area (Å²) < 4.78 is 16.0. The first-order valence-corrected chi connectivity index (χ1v) is 6.56. The first kappa shape index (κ1) is 17.8. The lowest BCUT2D eigenvalue weighted by atomic mass is 9.96. The highest BCUT2D eigenvalue weighted by Gasteiger charge is 2.23. The van der Waals surface area contributed by atoms with Crippen LogP contribution in [0.15, 0.2) is 0 Å². The molecule has 0 bridgehead atoms. The van der Waals surface area contributed by atoms with Crippen LogP contribution in [-0.2, 0) is 14.2 Å². The van der Waals surface area contributed by atoms with E-state index in [2.05, 4.69) is 5.32 Å². The highest BCUT2D eigenvalue weighted by Crippen LogP contribution is 2.13. The molecule has 110 valence electrons. The molecule has 0 amide bonds. The standard InChI is InChI=1S/C13H29NO4/c1-12(10-13(2,11-15)14-3)18-9-8-17-7-5-6-16-4/h12,14-15H,5-11H2,1-4H3. The van der Waals surface area contributed by atoms with Crippen LogP contribution in [-0.4, -0.2) is 63.9 Å². The molecule has 0 aromatic rings. The van der Waals surface area contributed by atoms with Gasteiger partial charge in [-0.15, -0.1) is 0 Å². The van der Waals surface area contributed by atoms with E-state index in [1.54, 1.807) is 7.11 Å². The molecule has 0 spiro atoms. The van der Waals surface area contributed by atoms with Crippen molar-refractivity contribution in [3.8, 4) is 0 Å². The lowest BCUT2D eigenvalue weighted by molar-refractivity contribution is -0.00858. The van der Waals surface area contributed by atoms with Crippen molar-refractivity contribution in [3.05, 3.63) is 0 Å². The fraction of sp³-hybridized carbons (Fsp3) is 1.00. The molecular weight excluding hydrogens is 234 g/mol. The van der Waals surface area contributed by atoms with Crippen molar-refractivity contribution >= 4 is 0 Å². The summed E-state index contributed by atoms with van der Waals surface area (Å²) in [6, 6.07) is 0. The monoisotopic (exact) mass is 263 g/mol. The Balaban J connectivity index is 3.50. The van der Waals surface area contributed by atoms with Gasteiger partial charge in [0.05, 0.1) is 25.9 Å². The molecular formula is C13H29NO4. The van der Waals surface area contributed by atoms with Gasteiger partial charge in [0.15, 0.2) is 0 Å². The molecule has 2 atom stereocenters. The normalized spacial score (nSPS) is 16.5. The summed E-state index contributed by atoms with van der Waals surface area (Å²) in [5.41, 5.74) is -0.279. The second kappa shape index (κ2) is 10.7. The van der Waals surface area contributed by atoms with Crippen LogP contribution in [0.5, 0.6) is 0 Å². The van der Waals surface area contributed by atoms with Crippen LogP contribution in [0.3, 0.4) is 0 Å². The van der Waals surface area contributed by atoms with Crippen molar-refractivity contribution in [2.75, 3.05) is 47.2 Å². The van der Waals surface area contributed by atoms with Crippen molar-refractivity contribution in [2.45, 2.75) is 38.3 Å². The van der Waals surface area contributed by atoms with E-state index in [1.165, 1.54) is 0 Å². The maximum Gasteiger partial charge on any atom is 0.0704 e. The maximum absolute atomic E-state index is 9.27. The van der Waals surface area contributed by atoms with Crippen LogP contribution in [0.2, 0.25) is 0 Å². The third-order valence-corrected chi connectivity index (χ3v) is 2.96. The molecule has 0 saturated carbocycles. The largest absolute Gasteiger partial charge is 0.394 e. The summed E-state index contributed by atoms with van der Waals surface area (Å²) in [7, 11) is 3.53. The summed E-state index contributed by atoms with van der Waals surface area (Å²) in [6.07, 6.45) is 1.77. The molecule has 0 fully saturated rings. The molecule has 0 aliphatic carbocycles. The molecule has 0 radical (unpaired) electrons. The number of hydrogen-bond donors (Lipinski definition) is 2. The Hall–Kier alpha value is -0.200. The van der Waals surface area contributed by atoms with Crippen molar-refractivity contribution in [1.82, 2.24) is 5.32 Å². The van der Waals surface area contributed by atoms with Gasteiger partial charge in [-0.3, -0.25) is 0 Å². The second-order valence-electron chi connectivity index (χ2n) is 4.81. The number of aliphatic hydroxyl groups is 1. The predicted molar refractivity (Wildman–Crippen MR) is 71.9 cm³/mol. The highest BCUT2D eigenvalue weighted by atomic mass is 16.5. The number of methoxy groups -OCH3 is 1. The maximum atomic E-state index is 9.27. The second-order valence-corrected chi connectivity index (χ2v) is 4.81. The fourth-order valence-corrected chi connectivity index (χ4v) is 1.65. The van der Waals surface area contributed by atoms with E-state index in [4.69, 9.17) is 14.2 Å². The number of ether oxygens (including phenoxy) is 3. The third-order valence-electron chi connectivity index (χ3n) is 2.96. The van der Waals surface area contributed by atoms with Gasteiger partial charge < -0.3 is 24.6 Å². The number of rotatable bonds is 12. The molecule has 2 N–H and O–H groups in total. The van der Waals surface area contributed by atoms with Gasteiger partial charge in [-0.25, -0.2) is 0 Å². The molecule has 0 rings (SSSR count). The van der Waals surface area contributed by atoms with Crippen LogP contribution in [0.1, 0.15) is 26.7 Å². The molecule has 0 aromatic heterocycles. The van der Waals surface area contributed by atoms with E-state index in [9.17, 15) is 5.11 Å². The zero-order chi connectivity index (χ0) is 13.9. The molecule has 0 aliphatic heterocycles. The first-order chi connectivity index (χ1) is 8.58. The average molecular weight is 263 g/mol. The molecule has 0 heterocycles. The lowest BCUT2D eigenvalue weighted by Gasteiger charge is -2.29. The minimum Gasteiger partial charge on any atom is -0.394 e. The summed E-state index contributed by atoms with van der Waals surface area (Å²) in [4.78, 5) is 0. The minimum absolute atomic E-state index is 0.0946. The van der Waals surface area contributed by atoms with Gasteiger partial charge >= 0.3 is 0 Å². The molecule has 0 aliphatic rings. The summed E-state index contributed by atoms with van der Waals surface area (Å²) in [6.45, 7) is 6.71. The number of aliphatic hydroxyl groups excluding tert-OH is 1. The summed E-state index contributed by atoms with van der Waals surface area (Å²) in [5, 5.41) is 12.4. The van der Waals surface area contributed by atoms with E-state index in [0.717, 1.165) is 19.4 Å². The molecule has 18 heavy (non-hydrogen) atoms. The number of hydrogen-bond acceptors (Lipinski definition) is 5. The molecule has 5 heteroatoms. The quantitative estimate of drug-likeness (QED) is 0.510. The molecule has 0 saturated heterocycles. The lowest BCUT2D eigenvalue weighted by Crippen LogP contribution is -2.46. The Bertz CT molecular complexity index is 186. The number of likely N-dealkylation sites (N-methyl/N-ethyl adjacent to an activating group) is 1. The number of nitrogens with one attached hydrogen (secondary N) is 1. The van der Waals surface area contributed by atoms with Gasteiger partial charge in [0.2, 0.25) is 0 Å². The van der Waals surface area contributed by atoms with Crippen molar-refractivity contribution in [2.24, 2.45) is 0 Å². The van der Waals surface area contributed by atoms with Gasteiger partial charge in [0, 0.05) is 25.9 Å². The Morgan fingerprint density at radius 3 is 2.50 bits per heavy atom. The zero-order valence-corrected chi connectivity index (χ0v) is 12.2. The van der Waals surface area contributed by atoms with Crippen LogP contribution in [0.25, 0.3) is 0 Å². The Morgan fingerprint density at radius 1 is 1.22 bits per heavy atom.